The second-order valence-electron chi connectivity index (χ2n) is 4.57. The Hall–Kier alpha value is -0.583. The molecule has 0 aliphatic carbocycles. The molecule has 0 saturated heterocycles. The molecule has 4 nitrogen and oxygen atoms in total. The summed E-state index contributed by atoms with van der Waals surface area (Å²) in [5.74, 6) is 0. The number of methoxy groups -OCH3 is 1. The Bertz CT molecular complexity index is 584. The van der Waals surface area contributed by atoms with Crippen molar-refractivity contribution in [1.29, 1.82) is 0 Å². The number of alkyl halides is 9. The predicted octanol–water partition coefficient (Wildman–Crippen LogP) is 1.41. The maximum absolute atomic E-state index is 13.0. The van der Waals surface area contributed by atoms with Crippen LogP contribution >= 0.6 is 0 Å². The predicted molar refractivity (Wildman–Crippen MR) is 70.0 cm³/mol. The molecular formula is C11H9BF9O4Tl. The second-order valence-corrected chi connectivity index (χ2v) is 7.16. The van der Waals surface area contributed by atoms with E-state index in [2.05, 4.69) is 4.74 Å². The van der Waals surface area contributed by atoms with E-state index < -0.39 is 68.3 Å². The van der Waals surface area contributed by atoms with Crippen LogP contribution in [0.25, 0.3) is 0 Å². The largest absolute Gasteiger partial charge is 0.631 e. The third-order valence-electron chi connectivity index (χ3n) is 2.79. The summed E-state index contributed by atoms with van der Waals surface area (Å²) in [5.41, 5.74) is -8.04. The Morgan fingerprint density at radius 3 is 1.42 bits per heavy atom. The molecule has 146 valence electrons. The Labute approximate surface area is 156 Å². The summed E-state index contributed by atoms with van der Waals surface area (Å²) in [6.45, 7) is 0. The van der Waals surface area contributed by atoms with Gasteiger partial charge >= 0.3 is 141 Å². The molecule has 0 unspecified atom stereocenters. The van der Waals surface area contributed by atoms with Crippen molar-refractivity contribution < 1.29 is 59.3 Å². The summed E-state index contributed by atoms with van der Waals surface area (Å²) in [6, 6.07) is 0.766. The van der Waals surface area contributed by atoms with Gasteiger partial charge in [0.15, 0.2) is 0 Å². The molecule has 26 heavy (non-hydrogen) atoms. The van der Waals surface area contributed by atoms with Crippen molar-refractivity contribution in [2.75, 3.05) is 7.11 Å². The number of benzene rings is 1. The molecule has 0 aromatic heterocycles. The van der Waals surface area contributed by atoms with Gasteiger partial charge in [0, 0.05) is 0 Å². The molecule has 0 aliphatic rings. The van der Waals surface area contributed by atoms with Crippen LogP contribution < -0.4 is 3.12 Å². The van der Waals surface area contributed by atoms with Crippen molar-refractivity contribution in [3.05, 3.63) is 29.3 Å². The summed E-state index contributed by atoms with van der Waals surface area (Å²) in [5, 5.41) is 21.5. The minimum absolute atomic E-state index is 0.149. The zero-order valence-corrected chi connectivity index (χ0v) is 17.0. The van der Waals surface area contributed by atoms with Gasteiger partial charge in [0.1, 0.15) is 0 Å². The number of rotatable bonds is 2. The van der Waals surface area contributed by atoms with Gasteiger partial charge in [-0.25, -0.2) is 0 Å². The maximum atomic E-state index is 13.0. The normalized spacial score (nSPS) is 13.1. The average Bonchev–Trinajstić information content (AvgIpc) is 2.33. The zero-order chi connectivity index (χ0) is 21.1. The molecule has 0 amide bonds. The van der Waals surface area contributed by atoms with Crippen LogP contribution in [-0.4, -0.2) is 67.6 Å². The minimum atomic E-state index is -5.98. The molecule has 0 spiro atoms. The van der Waals surface area contributed by atoms with E-state index in [-0.39, 0.29) is 16.3 Å². The molecule has 0 fully saturated rings. The van der Waals surface area contributed by atoms with Crippen molar-refractivity contribution >= 4 is 36.2 Å². The van der Waals surface area contributed by atoms with Gasteiger partial charge in [-0.15, -0.1) is 0 Å². The summed E-state index contributed by atoms with van der Waals surface area (Å²) >= 11 is -0.401. The van der Waals surface area contributed by atoms with Crippen LogP contribution in [0.15, 0.2) is 18.2 Å². The van der Waals surface area contributed by atoms with E-state index in [0.717, 1.165) is 0 Å². The summed E-state index contributed by atoms with van der Waals surface area (Å²) in [7, 11) is -2.02. The molecular weight excluding hydrogens is 582 g/mol. The van der Waals surface area contributed by atoms with Gasteiger partial charge in [0.25, 0.3) is 0 Å². The van der Waals surface area contributed by atoms with Crippen molar-refractivity contribution in [2.45, 2.75) is 24.1 Å². The molecule has 15 heteroatoms. The molecule has 3 N–H and O–H groups in total. The fourth-order valence-corrected chi connectivity index (χ4v) is 3.25. The van der Waals surface area contributed by atoms with Crippen molar-refractivity contribution in [3.63, 3.8) is 0 Å². The van der Waals surface area contributed by atoms with Crippen LogP contribution in [0.1, 0.15) is 11.1 Å². The number of hydrogen-bond donors (Lipinski definition) is 3. The van der Waals surface area contributed by atoms with Crippen LogP contribution in [0.4, 0.5) is 39.5 Å². The fraction of sp³-hybridized carbons (Fsp3) is 0.455. The first kappa shape index (κ1) is 25.4. The van der Waals surface area contributed by atoms with Crippen LogP contribution in [-0.2, 0) is 16.5 Å². The van der Waals surface area contributed by atoms with Gasteiger partial charge in [-0.05, 0) is 0 Å². The van der Waals surface area contributed by atoms with Gasteiger partial charge in [0.05, 0.1) is 0 Å². The molecule has 0 heterocycles. The molecule has 1 rings (SSSR count). The van der Waals surface area contributed by atoms with E-state index in [1.54, 1.807) is 0 Å². The first-order valence-corrected chi connectivity index (χ1v) is 8.35. The fourth-order valence-electron chi connectivity index (χ4n) is 1.86. The van der Waals surface area contributed by atoms with Crippen LogP contribution in [0.3, 0.4) is 0 Å². The Kier molecular flexibility index (Phi) is 8.42. The van der Waals surface area contributed by atoms with Gasteiger partial charge in [-0.2, -0.15) is 0 Å². The van der Waals surface area contributed by atoms with Gasteiger partial charge in [-0.3, -0.25) is 0 Å². The summed E-state index contributed by atoms with van der Waals surface area (Å²) in [4.78, 5) is 0. The Morgan fingerprint density at radius 2 is 1.15 bits per heavy atom. The van der Waals surface area contributed by atoms with Crippen molar-refractivity contribution in [2.24, 2.45) is 0 Å². The number of hydrogen-bond acceptors (Lipinski definition) is 4. The zero-order valence-electron chi connectivity index (χ0n) is 12.5. The third kappa shape index (κ3) is 5.96. The smallest absolute Gasteiger partial charge is 0.402 e. The van der Waals surface area contributed by atoms with E-state index >= 15 is 0 Å². The minimum Gasteiger partial charge on any atom is -0.402 e. The summed E-state index contributed by atoms with van der Waals surface area (Å²) in [6.07, 6.45) is -17.0. The first-order chi connectivity index (χ1) is 11.4. The first-order valence-electron chi connectivity index (χ1n) is 6.11. The monoisotopic (exact) mass is 592 g/mol. The topological polar surface area (TPSA) is 69.9 Å². The van der Waals surface area contributed by atoms with Crippen LogP contribution in [0.5, 0.6) is 0 Å². The Morgan fingerprint density at radius 1 is 0.808 bits per heavy atom. The molecule has 0 saturated carbocycles. The SMILES string of the molecule is COC(c1c[c]([Tl])cc(C(F)(F)F)c1)(C(F)(F)F)C(F)(F)F.OB(O)O. The standard InChI is InChI=1S/C11H6F9O.BH3O3.Tl/c1-21-8(10(15,16)17,11(18,19)20)6-3-2-4-7(5-6)9(12,13)14;2-1(3)4;/h3-5H,1H3;2-4H;. The third-order valence-corrected chi connectivity index (χ3v) is 4.09. The molecule has 0 aliphatic heterocycles. The Balaban J connectivity index is 0.00000141. The van der Waals surface area contributed by atoms with Crippen molar-refractivity contribution in [3.8, 4) is 0 Å². The molecule has 0 atom stereocenters. The van der Waals surface area contributed by atoms with E-state index in [9.17, 15) is 39.5 Å². The number of ether oxygens (including phenoxy) is 1. The number of halogens is 9. The van der Waals surface area contributed by atoms with E-state index in [0.29, 0.717) is 12.1 Å². The van der Waals surface area contributed by atoms with Crippen molar-refractivity contribution in [1.82, 2.24) is 0 Å². The molecule has 0 radical (unpaired) electrons. The second kappa shape index (κ2) is 8.62. The van der Waals surface area contributed by atoms with E-state index in [4.69, 9.17) is 15.1 Å². The van der Waals surface area contributed by atoms with Gasteiger partial charge < -0.3 is 15.1 Å². The summed E-state index contributed by atoms with van der Waals surface area (Å²) < 4.78 is 119. The maximum Gasteiger partial charge on any atom is 0.631 e. The molecule has 1 aromatic rings. The molecule has 0 bridgehead atoms. The quantitative estimate of drug-likeness (QED) is 0.360. The average molecular weight is 591 g/mol. The van der Waals surface area contributed by atoms with Crippen LogP contribution in [0.2, 0.25) is 0 Å². The van der Waals surface area contributed by atoms with Crippen LogP contribution in [0, 0.1) is 0 Å². The van der Waals surface area contributed by atoms with E-state index in [1.807, 2.05) is 0 Å². The van der Waals surface area contributed by atoms with Gasteiger partial charge in [-0.1, -0.05) is 0 Å². The molecule has 1 aromatic carbocycles. The van der Waals surface area contributed by atoms with Gasteiger partial charge in [0.2, 0.25) is 0 Å². The van der Waals surface area contributed by atoms with E-state index in [1.165, 1.54) is 0 Å².